The maximum absolute atomic E-state index is 11.9. The highest BCUT2D eigenvalue weighted by molar-refractivity contribution is 5.94. The molecule has 0 spiro atoms. The second kappa shape index (κ2) is 6.82. The quantitative estimate of drug-likeness (QED) is 0.879. The van der Waals surface area contributed by atoms with Crippen molar-refractivity contribution in [2.24, 2.45) is 7.05 Å². The summed E-state index contributed by atoms with van der Waals surface area (Å²) in [6.45, 7) is 5.74. The molecule has 1 atom stereocenters. The molecule has 0 aliphatic carbocycles. The van der Waals surface area contributed by atoms with E-state index in [0.29, 0.717) is 18.0 Å². The van der Waals surface area contributed by atoms with E-state index < -0.39 is 0 Å². The largest absolute Gasteiger partial charge is 0.484 e. The van der Waals surface area contributed by atoms with Crippen molar-refractivity contribution in [3.8, 4) is 5.75 Å². The van der Waals surface area contributed by atoms with E-state index in [0.717, 1.165) is 11.1 Å². The van der Waals surface area contributed by atoms with Crippen LogP contribution in [0.15, 0.2) is 30.5 Å². The molecule has 3 rings (SSSR count). The molecule has 1 aromatic heterocycles. The average Bonchev–Trinajstić information content (AvgIpc) is 2.91. The fourth-order valence-electron chi connectivity index (χ4n) is 3.03. The Hall–Kier alpha value is -2.83. The van der Waals surface area contributed by atoms with Crippen LogP contribution in [0.3, 0.4) is 0 Å². The topological polar surface area (TPSA) is 85.2 Å². The molecule has 26 heavy (non-hydrogen) atoms. The summed E-state index contributed by atoms with van der Waals surface area (Å²) in [6, 6.07) is 7.50. The standard InChI is InChI=1S/C19H24N4O3/c1-19(2,3)21-17(25)11-26-13-7-5-12(6-8-13)14-9-16(24)20-18-15(14)10-23(4)22-18/h5-8,10,14H,9,11H2,1-4H3,(H,21,25)(H,20,22,24). The lowest BCUT2D eigenvalue weighted by Gasteiger charge is -2.22. The van der Waals surface area contributed by atoms with Crippen LogP contribution in [-0.2, 0) is 16.6 Å². The molecule has 1 aromatic carbocycles. The van der Waals surface area contributed by atoms with Crippen molar-refractivity contribution in [1.82, 2.24) is 15.1 Å². The molecule has 2 amide bonds. The zero-order chi connectivity index (χ0) is 18.9. The van der Waals surface area contributed by atoms with Crippen molar-refractivity contribution in [1.29, 1.82) is 0 Å². The summed E-state index contributed by atoms with van der Waals surface area (Å²) >= 11 is 0. The van der Waals surface area contributed by atoms with Gasteiger partial charge < -0.3 is 15.4 Å². The third-order valence-electron chi connectivity index (χ3n) is 4.05. The van der Waals surface area contributed by atoms with Crippen molar-refractivity contribution in [3.63, 3.8) is 0 Å². The van der Waals surface area contributed by atoms with Crippen molar-refractivity contribution in [2.45, 2.75) is 38.6 Å². The first kappa shape index (κ1) is 18.0. The second-order valence-electron chi connectivity index (χ2n) is 7.57. The van der Waals surface area contributed by atoms with Crippen LogP contribution >= 0.6 is 0 Å². The zero-order valence-electron chi connectivity index (χ0n) is 15.5. The van der Waals surface area contributed by atoms with E-state index in [4.69, 9.17) is 4.74 Å². The van der Waals surface area contributed by atoms with E-state index in [-0.39, 0.29) is 29.9 Å². The number of nitrogens with zero attached hydrogens (tertiary/aromatic N) is 2. The van der Waals surface area contributed by atoms with Gasteiger partial charge in [-0.3, -0.25) is 14.3 Å². The molecule has 7 heteroatoms. The highest BCUT2D eigenvalue weighted by Crippen LogP contribution is 2.36. The van der Waals surface area contributed by atoms with Crippen LogP contribution in [0.5, 0.6) is 5.75 Å². The number of carbonyl (C=O) groups is 2. The molecule has 0 fully saturated rings. The molecule has 7 nitrogen and oxygen atoms in total. The fourth-order valence-corrected chi connectivity index (χ4v) is 3.03. The summed E-state index contributed by atoms with van der Waals surface area (Å²) in [5, 5.41) is 9.94. The van der Waals surface area contributed by atoms with Crippen LogP contribution in [0.4, 0.5) is 5.82 Å². The molecular weight excluding hydrogens is 332 g/mol. The highest BCUT2D eigenvalue weighted by Gasteiger charge is 2.29. The monoisotopic (exact) mass is 356 g/mol. The molecule has 2 N–H and O–H groups in total. The van der Waals surface area contributed by atoms with Gasteiger partial charge in [0, 0.05) is 36.7 Å². The second-order valence-corrected chi connectivity index (χ2v) is 7.57. The minimum absolute atomic E-state index is 0.0325. The number of fused-ring (bicyclic) bond motifs is 1. The first-order valence-corrected chi connectivity index (χ1v) is 8.58. The average molecular weight is 356 g/mol. The highest BCUT2D eigenvalue weighted by atomic mass is 16.5. The number of carbonyl (C=O) groups excluding carboxylic acids is 2. The lowest BCUT2D eigenvalue weighted by Crippen LogP contribution is -2.43. The summed E-state index contributed by atoms with van der Waals surface area (Å²) in [7, 11) is 1.83. The molecule has 1 unspecified atom stereocenters. The number of ether oxygens (including phenoxy) is 1. The Morgan fingerprint density at radius 2 is 2.04 bits per heavy atom. The first-order chi connectivity index (χ1) is 12.2. The van der Waals surface area contributed by atoms with Gasteiger partial charge in [0.15, 0.2) is 12.4 Å². The third-order valence-corrected chi connectivity index (χ3v) is 4.05. The molecule has 0 saturated carbocycles. The number of hydrogen-bond acceptors (Lipinski definition) is 4. The Bertz CT molecular complexity index is 818. The number of amides is 2. The molecule has 0 saturated heterocycles. The van der Waals surface area contributed by atoms with E-state index in [1.807, 2.05) is 58.3 Å². The van der Waals surface area contributed by atoms with E-state index in [9.17, 15) is 9.59 Å². The van der Waals surface area contributed by atoms with Gasteiger partial charge in [-0.15, -0.1) is 0 Å². The first-order valence-electron chi connectivity index (χ1n) is 8.58. The number of anilines is 1. The van der Waals surface area contributed by atoms with E-state index in [2.05, 4.69) is 15.7 Å². The van der Waals surface area contributed by atoms with Gasteiger partial charge in [0.05, 0.1) is 0 Å². The van der Waals surface area contributed by atoms with E-state index in [1.54, 1.807) is 4.68 Å². The Morgan fingerprint density at radius 1 is 1.35 bits per heavy atom. The van der Waals surface area contributed by atoms with Gasteiger partial charge in [0.1, 0.15) is 5.75 Å². The van der Waals surface area contributed by atoms with Gasteiger partial charge in [0.2, 0.25) is 5.91 Å². The maximum atomic E-state index is 11.9. The SMILES string of the molecule is Cn1cc2c(n1)NC(=O)CC2c1ccc(OCC(=O)NC(C)(C)C)cc1. The van der Waals surface area contributed by atoms with Crippen molar-refractivity contribution in [3.05, 3.63) is 41.6 Å². The molecule has 1 aliphatic rings. The van der Waals surface area contributed by atoms with Gasteiger partial charge in [-0.1, -0.05) is 12.1 Å². The Balaban J connectivity index is 1.68. The lowest BCUT2D eigenvalue weighted by molar-refractivity contribution is -0.124. The van der Waals surface area contributed by atoms with Crippen LogP contribution < -0.4 is 15.4 Å². The normalized spacial score (nSPS) is 16.6. The predicted molar refractivity (Wildman–Crippen MR) is 98.1 cm³/mol. The molecule has 2 heterocycles. The summed E-state index contributed by atoms with van der Waals surface area (Å²) in [5.41, 5.74) is 1.73. The molecule has 1 aliphatic heterocycles. The van der Waals surface area contributed by atoms with Gasteiger partial charge in [-0.05, 0) is 38.5 Å². The molecule has 0 radical (unpaired) electrons. The number of benzene rings is 1. The molecular formula is C19H24N4O3. The molecule has 138 valence electrons. The van der Waals surface area contributed by atoms with Crippen molar-refractivity contribution < 1.29 is 14.3 Å². The van der Waals surface area contributed by atoms with Gasteiger partial charge >= 0.3 is 0 Å². The minimum Gasteiger partial charge on any atom is -0.484 e. The summed E-state index contributed by atoms with van der Waals surface area (Å²) in [6.07, 6.45) is 2.31. The summed E-state index contributed by atoms with van der Waals surface area (Å²) in [5.74, 6) is 0.994. The van der Waals surface area contributed by atoms with Gasteiger partial charge in [0.25, 0.3) is 5.91 Å². The fraction of sp³-hybridized carbons (Fsp3) is 0.421. The van der Waals surface area contributed by atoms with Crippen LogP contribution in [0.25, 0.3) is 0 Å². The smallest absolute Gasteiger partial charge is 0.258 e. The minimum atomic E-state index is -0.284. The Kier molecular flexibility index (Phi) is 4.71. The number of aryl methyl sites for hydroxylation is 1. The lowest BCUT2D eigenvalue weighted by atomic mass is 9.87. The van der Waals surface area contributed by atoms with Gasteiger partial charge in [-0.25, -0.2) is 0 Å². The number of nitrogens with one attached hydrogen (secondary N) is 2. The van der Waals surface area contributed by atoms with E-state index >= 15 is 0 Å². The van der Waals surface area contributed by atoms with Crippen molar-refractivity contribution >= 4 is 17.6 Å². The van der Waals surface area contributed by atoms with Gasteiger partial charge in [-0.2, -0.15) is 5.10 Å². The van der Waals surface area contributed by atoms with Crippen LogP contribution in [-0.4, -0.2) is 33.7 Å². The zero-order valence-corrected chi connectivity index (χ0v) is 15.5. The van der Waals surface area contributed by atoms with E-state index in [1.165, 1.54) is 0 Å². The van der Waals surface area contributed by atoms with Crippen LogP contribution in [0.1, 0.15) is 44.2 Å². The summed E-state index contributed by atoms with van der Waals surface area (Å²) in [4.78, 5) is 23.8. The molecule has 2 aromatic rings. The Labute approximate surface area is 152 Å². The van der Waals surface area contributed by atoms with Crippen LogP contribution in [0.2, 0.25) is 0 Å². The number of hydrogen-bond donors (Lipinski definition) is 2. The number of aromatic nitrogens is 2. The van der Waals surface area contributed by atoms with Crippen molar-refractivity contribution in [2.75, 3.05) is 11.9 Å². The summed E-state index contributed by atoms with van der Waals surface area (Å²) < 4.78 is 7.25. The molecule has 0 bridgehead atoms. The maximum Gasteiger partial charge on any atom is 0.258 e. The van der Waals surface area contributed by atoms with Crippen LogP contribution in [0, 0.1) is 0 Å². The Morgan fingerprint density at radius 3 is 2.69 bits per heavy atom. The predicted octanol–water partition coefficient (Wildman–Crippen LogP) is 2.19. The number of rotatable bonds is 4. The third kappa shape index (κ3) is 4.22.